The first-order chi connectivity index (χ1) is 8.10. The summed E-state index contributed by atoms with van der Waals surface area (Å²) in [5.41, 5.74) is 1.19. The summed E-state index contributed by atoms with van der Waals surface area (Å²) in [6.07, 6.45) is 0.750. The van der Waals surface area contributed by atoms with Gasteiger partial charge in [0.2, 0.25) is 0 Å². The number of aldehydes is 1. The molecule has 0 aliphatic heterocycles. The molecular weight excluding hydrogens is 216 g/mol. The van der Waals surface area contributed by atoms with Gasteiger partial charge in [-0.25, -0.2) is 0 Å². The third kappa shape index (κ3) is 12.3. The van der Waals surface area contributed by atoms with E-state index in [4.69, 9.17) is 9.53 Å². The summed E-state index contributed by atoms with van der Waals surface area (Å²) in [4.78, 5) is 19.4. The number of ether oxygens (including phenoxy) is 1. The zero-order chi connectivity index (χ0) is 13.7. The fourth-order valence-corrected chi connectivity index (χ4v) is 0.819. The molecule has 3 nitrogen and oxygen atoms in total. The molecule has 1 rings (SSSR count). The molecule has 96 valence electrons. The number of aryl methyl sites for hydroxylation is 1. The Balaban J connectivity index is 0. The topological polar surface area (TPSA) is 43.4 Å². The molecule has 0 fully saturated rings. The lowest BCUT2D eigenvalue weighted by atomic mass is 10.2. The summed E-state index contributed by atoms with van der Waals surface area (Å²) in [6.45, 7) is 9.12. The first-order valence-electron chi connectivity index (χ1n) is 5.68. The molecule has 0 unspecified atom stereocenters. The monoisotopic (exact) mass is 238 g/mol. The van der Waals surface area contributed by atoms with Crippen LogP contribution in [0, 0.1) is 6.92 Å². The predicted molar refractivity (Wildman–Crippen MR) is 70.4 cm³/mol. The molecule has 0 saturated carbocycles. The van der Waals surface area contributed by atoms with Crippen LogP contribution < -0.4 is 4.74 Å². The zero-order valence-electron chi connectivity index (χ0n) is 11.3. The molecule has 3 heteroatoms. The van der Waals surface area contributed by atoms with Gasteiger partial charge in [0.1, 0.15) is 18.6 Å². The minimum atomic E-state index is 0.0376. The van der Waals surface area contributed by atoms with Gasteiger partial charge in [-0.05, 0) is 32.9 Å². The number of rotatable bonds is 3. The van der Waals surface area contributed by atoms with Crippen LogP contribution in [0.5, 0.6) is 5.75 Å². The Hall–Kier alpha value is -1.64. The van der Waals surface area contributed by atoms with E-state index in [0.29, 0.717) is 0 Å². The van der Waals surface area contributed by atoms with Crippen LogP contribution in [-0.4, -0.2) is 18.7 Å². The highest BCUT2D eigenvalue weighted by Crippen LogP contribution is 2.10. The molecule has 0 aliphatic carbocycles. The molecule has 0 saturated heterocycles. The second-order valence-electron chi connectivity index (χ2n) is 3.04. The molecule has 0 amide bonds. The Labute approximate surface area is 104 Å². The molecular formula is C14H22O3. The van der Waals surface area contributed by atoms with Crippen LogP contribution >= 0.6 is 0 Å². The lowest BCUT2D eigenvalue weighted by Crippen LogP contribution is -2.06. The number of benzene rings is 1. The van der Waals surface area contributed by atoms with Crippen molar-refractivity contribution in [1.29, 1.82) is 0 Å². The maximum Gasteiger partial charge on any atom is 0.167 e. The highest BCUT2D eigenvalue weighted by atomic mass is 16.5. The lowest BCUT2D eigenvalue weighted by molar-refractivity contribution is -0.118. The molecule has 1 aromatic rings. The minimum absolute atomic E-state index is 0.0376. The summed E-state index contributed by atoms with van der Waals surface area (Å²) >= 11 is 0. The number of hydrogen-bond acceptors (Lipinski definition) is 3. The molecule has 0 spiro atoms. The van der Waals surface area contributed by atoms with Gasteiger partial charge in [0.05, 0.1) is 0 Å². The van der Waals surface area contributed by atoms with Crippen LogP contribution in [0.25, 0.3) is 0 Å². The van der Waals surface area contributed by atoms with E-state index in [-0.39, 0.29) is 12.4 Å². The van der Waals surface area contributed by atoms with Crippen molar-refractivity contribution >= 4 is 12.1 Å². The Bertz CT molecular complexity index is 302. The van der Waals surface area contributed by atoms with Gasteiger partial charge in [0.15, 0.2) is 5.78 Å². The quantitative estimate of drug-likeness (QED) is 0.759. The van der Waals surface area contributed by atoms with Crippen molar-refractivity contribution in [3.8, 4) is 5.75 Å². The van der Waals surface area contributed by atoms with Crippen molar-refractivity contribution < 1.29 is 14.3 Å². The summed E-state index contributed by atoms with van der Waals surface area (Å²) in [7, 11) is 0. The van der Waals surface area contributed by atoms with Crippen molar-refractivity contribution in [3.63, 3.8) is 0 Å². The summed E-state index contributed by atoms with van der Waals surface area (Å²) in [5, 5.41) is 0. The van der Waals surface area contributed by atoms with Gasteiger partial charge >= 0.3 is 0 Å². The van der Waals surface area contributed by atoms with Crippen molar-refractivity contribution in [2.45, 2.75) is 34.6 Å². The van der Waals surface area contributed by atoms with E-state index < -0.39 is 0 Å². The molecule has 0 N–H and O–H groups in total. The third-order valence-electron chi connectivity index (χ3n) is 1.46. The van der Waals surface area contributed by atoms with Crippen molar-refractivity contribution in [3.05, 3.63) is 29.8 Å². The molecule has 1 aromatic carbocycles. The fourth-order valence-electron chi connectivity index (χ4n) is 0.819. The number of ketones is 1. The first-order valence-corrected chi connectivity index (χ1v) is 5.68. The lowest BCUT2D eigenvalue weighted by Gasteiger charge is -2.02. The van der Waals surface area contributed by atoms with Gasteiger partial charge in [-0.15, -0.1) is 0 Å². The minimum Gasteiger partial charge on any atom is -0.486 e. The second-order valence-corrected chi connectivity index (χ2v) is 3.04. The van der Waals surface area contributed by atoms with Crippen LogP contribution in [0.3, 0.4) is 0 Å². The largest absolute Gasteiger partial charge is 0.486 e. The maximum atomic E-state index is 10.6. The van der Waals surface area contributed by atoms with Gasteiger partial charge in [0, 0.05) is 0 Å². The Morgan fingerprint density at radius 3 is 2.00 bits per heavy atom. The number of Topliss-reactive ketones (excluding diaryl/α,β-unsaturated/α-hetero) is 1. The van der Waals surface area contributed by atoms with E-state index in [9.17, 15) is 4.79 Å². The van der Waals surface area contributed by atoms with Crippen LogP contribution in [0.2, 0.25) is 0 Å². The van der Waals surface area contributed by atoms with Gasteiger partial charge in [-0.3, -0.25) is 4.79 Å². The average Bonchev–Trinajstić information content (AvgIpc) is 2.32. The summed E-state index contributed by atoms with van der Waals surface area (Å²) in [5.74, 6) is 0.784. The van der Waals surface area contributed by atoms with E-state index in [0.717, 1.165) is 12.0 Å². The molecule has 17 heavy (non-hydrogen) atoms. The van der Waals surface area contributed by atoms with E-state index in [1.54, 1.807) is 0 Å². The Kier molecular flexibility index (Phi) is 13.0. The van der Waals surface area contributed by atoms with E-state index >= 15 is 0 Å². The van der Waals surface area contributed by atoms with Crippen LogP contribution in [-0.2, 0) is 9.59 Å². The molecule has 0 aliphatic rings. The van der Waals surface area contributed by atoms with E-state index in [2.05, 4.69) is 0 Å². The van der Waals surface area contributed by atoms with Gasteiger partial charge < -0.3 is 9.53 Å². The number of hydrogen-bond donors (Lipinski definition) is 0. The van der Waals surface area contributed by atoms with Crippen LogP contribution in [0.1, 0.15) is 33.3 Å². The van der Waals surface area contributed by atoms with Crippen molar-refractivity contribution in [2.24, 2.45) is 0 Å². The van der Waals surface area contributed by atoms with E-state index in [1.807, 2.05) is 45.0 Å². The highest BCUT2D eigenvalue weighted by molar-refractivity contribution is 5.77. The smallest absolute Gasteiger partial charge is 0.167 e. The Morgan fingerprint density at radius 1 is 1.24 bits per heavy atom. The molecule has 0 heterocycles. The summed E-state index contributed by atoms with van der Waals surface area (Å²) < 4.78 is 5.17. The summed E-state index contributed by atoms with van der Waals surface area (Å²) in [6, 6.07) is 7.63. The number of carbonyl (C=O) groups is 2. The normalized spacial score (nSPS) is 7.82. The van der Waals surface area contributed by atoms with Gasteiger partial charge in [-0.2, -0.15) is 0 Å². The molecule has 0 bridgehead atoms. The predicted octanol–water partition coefficient (Wildman–Crippen LogP) is 3.19. The second kappa shape index (κ2) is 12.4. The SMILES string of the molecule is CC.CC(=O)COc1ccc(C)cc1.CC=O. The number of carbonyl (C=O) groups excluding carboxylic acids is 2. The maximum absolute atomic E-state index is 10.6. The molecule has 0 radical (unpaired) electrons. The van der Waals surface area contributed by atoms with Gasteiger partial charge in [-0.1, -0.05) is 31.5 Å². The average molecular weight is 238 g/mol. The molecule has 0 atom stereocenters. The zero-order valence-corrected chi connectivity index (χ0v) is 11.3. The van der Waals surface area contributed by atoms with Crippen LogP contribution in [0.15, 0.2) is 24.3 Å². The van der Waals surface area contributed by atoms with Crippen molar-refractivity contribution in [2.75, 3.05) is 6.61 Å². The third-order valence-corrected chi connectivity index (χ3v) is 1.46. The Morgan fingerprint density at radius 2 is 1.65 bits per heavy atom. The first kappa shape index (κ1) is 17.7. The van der Waals surface area contributed by atoms with Crippen molar-refractivity contribution in [1.82, 2.24) is 0 Å². The van der Waals surface area contributed by atoms with Gasteiger partial charge in [0.25, 0.3) is 0 Å². The van der Waals surface area contributed by atoms with E-state index in [1.165, 1.54) is 19.4 Å². The van der Waals surface area contributed by atoms with Crippen LogP contribution in [0.4, 0.5) is 0 Å². The standard InChI is InChI=1S/C10H12O2.C2H4O.C2H6/c1-8-3-5-10(6-4-8)12-7-9(2)11;1-2-3;1-2/h3-6H,7H2,1-2H3;2H,1H3;1-2H3. The fraction of sp³-hybridized carbons (Fsp3) is 0.429. The highest BCUT2D eigenvalue weighted by Gasteiger charge is 1.94. The molecule has 0 aromatic heterocycles.